The molecule has 0 atom stereocenters. The molecule has 0 unspecified atom stereocenters. The van der Waals surface area contributed by atoms with E-state index in [1.54, 1.807) is 15.9 Å². The van der Waals surface area contributed by atoms with Gasteiger partial charge in [-0.15, -0.1) is 0 Å². The van der Waals surface area contributed by atoms with E-state index in [2.05, 4.69) is 96.3 Å². The Hall–Kier alpha value is -7.29. The number of hydrogen-bond acceptors (Lipinski definition) is 4. The second-order valence-electron chi connectivity index (χ2n) is 15.3. The maximum Gasteiger partial charge on any atom is 0.326 e. The quantitative estimate of drug-likeness (QED) is 0.174. The number of nitrogens with zero attached hydrogens (tertiary/aromatic N) is 3. The first-order valence-electron chi connectivity index (χ1n) is 24.8. The summed E-state index contributed by atoms with van der Waals surface area (Å²) in [7, 11) is 2.18. The van der Waals surface area contributed by atoms with Gasteiger partial charge in [0.05, 0.1) is 22.7 Å². The first-order chi connectivity index (χ1) is 33.8. The van der Waals surface area contributed by atoms with Crippen molar-refractivity contribution in [3.8, 4) is 0 Å². The van der Waals surface area contributed by atoms with Crippen molar-refractivity contribution < 1.29 is 14.4 Å². The Balaban J connectivity index is 0.000000214. The van der Waals surface area contributed by atoms with E-state index in [4.69, 9.17) is 0 Å². The molecule has 0 spiro atoms. The van der Waals surface area contributed by atoms with Gasteiger partial charge >= 0.3 is 12.1 Å². The minimum atomic E-state index is -0.216. The molecule has 0 aromatic heterocycles. The number of nitrogens with one attached hydrogen (secondary N) is 2. The normalized spacial score (nSPS) is 11.9. The summed E-state index contributed by atoms with van der Waals surface area (Å²) in [4.78, 5) is 43.1. The molecule has 2 N–H and O–H groups in total. The van der Waals surface area contributed by atoms with Crippen LogP contribution in [0.5, 0.6) is 0 Å². The molecule has 0 radical (unpaired) electrons. The molecule has 3 aliphatic rings. The van der Waals surface area contributed by atoms with Crippen LogP contribution in [-0.2, 0) is 6.42 Å². The van der Waals surface area contributed by atoms with E-state index in [-0.39, 0.29) is 17.8 Å². The summed E-state index contributed by atoms with van der Waals surface area (Å²) in [6.07, 6.45) is 12.3. The summed E-state index contributed by atoms with van der Waals surface area (Å²) < 4.78 is 0. The molecule has 69 heavy (non-hydrogen) atoms. The van der Waals surface area contributed by atoms with Gasteiger partial charge in [-0.2, -0.15) is 0 Å². The molecule has 6 aromatic carbocycles. The number of hydrogen-bond donors (Lipinski definition) is 2. The van der Waals surface area contributed by atoms with Gasteiger partial charge in [-0.05, 0) is 109 Å². The van der Waals surface area contributed by atoms with Crippen molar-refractivity contribution in [3.05, 3.63) is 196 Å². The third-order valence-corrected chi connectivity index (χ3v) is 11.2. The molecule has 4 amide bonds. The number of para-hydroxylation sites is 4. The van der Waals surface area contributed by atoms with Crippen LogP contribution in [0, 0.1) is 0 Å². The Morgan fingerprint density at radius 1 is 0.507 bits per heavy atom. The first kappa shape index (κ1) is 54.3. The highest BCUT2D eigenvalue weighted by molar-refractivity contribution is 6.12. The topological polar surface area (TPSA) is 85.0 Å². The van der Waals surface area contributed by atoms with E-state index < -0.39 is 0 Å². The molecule has 0 saturated heterocycles. The van der Waals surface area contributed by atoms with Crippen LogP contribution in [0.2, 0.25) is 0 Å². The molecule has 8 heteroatoms. The highest BCUT2D eigenvalue weighted by atomic mass is 16.2. The number of carbonyl (C=O) groups excluding carboxylic acids is 3. The van der Waals surface area contributed by atoms with Gasteiger partial charge < -0.3 is 15.5 Å². The molecule has 0 saturated carbocycles. The van der Waals surface area contributed by atoms with E-state index in [1.807, 2.05) is 159 Å². The van der Waals surface area contributed by atoms with E-state index in [0.29, 0.717) is 30.8 Å². The van der Waals surface area contributed by atoms with Gasteiger partial charge in [0.1, 0.15) is 0 Å². The van der Waals surface area contributed by atoms with Crippen LogP contribution in [0.4, 0.5) is 32.3 Å². The number of rotatable bonds is 6. The van der Waals surface area contributed by atoms with Gasteiger partial charge in [0.25, 0.3) is 0 Å². The average Bonchev–Trinajstić information content (AvgIpc) is 3.74. The van der Waals surface area contributed by atoms with Crippen molar-refractivity contribution in [1.29, 1.82) is 0 Å². The Morgan fingerprint density at radius 2 is 0.884 bits per heavy atom. The molecular formula is C61H73N5O3. The van der Waals surface area contributed by atoms with E-state index >= 15 is 0 Å². The fraction of sp³-hybridized carbons (Fsp3) is 0.262. The first-order valence-corrected chi connectivity index (χ1v) is 24.8. The van der Waals surface area contributed by atoms with Gasteiger partial charge in [0, 0.05) is 31.6 Å². The maximum atomic E-state index is 12.5. The van der Waals surface area contributed by atoms with Gasteiger partial charge in [0.15, 0.2) is 5.78 Å². The smallest absolute Gasteiger partial charge is 0.326 e. The van der Waals surface area contributed by atoms with E-state index in [0.717, 1.165) is 53.3 Å². The van der Waals surface area contributed by atoms with E-state index in [9.17, 15) is 14.4 Å². The number of urea groups is 2. The molecule has 8 nitrogen and oxygen atoms in total. The monoisotopic (exact) mass is 924 g/mol. The molecule has 0 bridgehead atoms. The zero-order valence-corrected chi connectivity index (χ0v) is 42.6. The van der Waals surface area contributed by atoms with Crippen molar-refractivity contribution in [2.24, 2.45) is 0 Å². The van der Waals surface area contributed by atoms with Gasteiger partial charge in [-0.3, -0.25) is 14.6 Å². The Labute approximate surface area is 413 Å². The Kier molecular flexibility index (Phi) is 22.7. The Morgan fingerprint density at radius 3 is 1.36 bits per heavy atom. The van der Waals surface area contributed by atoms with Gasteiger partial charge in [-0.1, -0.05) is 194 Å². The lowest BCUT2D eigenvalue weighted by Crippen LogP contribution is -2.37. The fourth-order valence-corrected chi connectivity index (χ4v) is 7.96. The van der Waals surface area contributed by atoms with Crippen LogP contribution in [0.25, 0.3) is 29.9 Å². The molecular weight excluding hydrogens is 851 g/mol. The van der Waals surface area contributed by atoms with Gasteiger partial charge in [-0.25, -0.2) is 9.59 Å². The second-order valence-corrected chi connectivity index (χ2v) is 15.3. The summed E-state index contributed by atoms with van der Waals surface area (Å²) in [5, 5.41) is 5.70. The van der Waals surface area contributed by atoms with Crippen LogP contribution in [0.3, 0.4) is 0 Å². The minimum Gasteiger partial charge on any atom is -0.338 e. The molecule has 360 valence electrons. The number of benzene rings is 6. The molecule has 6 aromatic rings. The average molecular weight is 924 g/mol. The summed E-state index contributed by atoms with van der Waals surface area (Å²) in [5.41, 5.74) is 13.4. The lowest BCUT2D eigenvalue weighted by atomic mass is 9.93. The summed E-state index contributed by atoms with van der Waals surface area (Å²) in [6, 6.07) is 47.7. The number of anilines is 4. The van der Waals surface area contributed by atoms with Crippen molar-refractivity contribution in [2.45, 2.75) is 75.2 Å². The highest BCUT2D eigenvalue weighted by Crippen LogP contribution is 2.38. The largest absolute Gasteiger partial charge is 0.338 e. The maximum absolute atomic E-state index is 12.5. The SMILES string of the molecule is CC.CC.CC.CCN(C)CCC=C1c2ccccc2C=Cc2ccccc21.CCNC(=O)N1c2ccccc2C=Cc2ccccc21.CCNC(=O)N1c2ccccc2CC(=O)c2ccccc21. The predicted octanol–water partition coefficient (Wildman–Crippen LogP) is 15.4. The zero-order chi connectivity index (χ0) is 50.1. The number of fused-ring (bicyclic) bond motifs is 6. The molecule has 0 fully saturated rings. The third kappa shape index (κ3) is 13.9. The lowest BCUT2D eigenvalue weighted by molar-refractivity contribution is 0.0994. The van der Waals surface area contributed by atoms with Crippen molar-refractivity contribution in [3.63, 3.8) is 0 Å². The molecule has 2 aliphatic heterocycles. The summed E-state index contributed by atoms with van der Waals surface area (Å²) in [6.45, 7) is 21.3. The van der Waals surface area contributed by atoms with Crippen LogP contribution in [0.1, 0.15) is 118 Å². The molecule has 2 heterocycles. The van der Waals surface area contributed by atoms with Crippen LogP contribution in [-0.4, -0.2) is 56.0 Å². The summed E-state index contributed by atoms with van der Waals surface area (Å²) >= 11 is 0. The van der Waals surface area contributed by atoms with Gasteiger partial charge in [0.2, 0.25) is 0 Å². The third-order valence-electron chi connectivity index (χ3n) is 11.2. The van der Waals surface area contributed by atoms with E-state index in [1.165, 1.54) is 27.8 Å². The van der Waals surface area contributed by atoms with Crippen LogP contribution < -0.4 is 20.4 Å². The van der Waals surface area contributed by atoms with Crippen molar-refractivity contribution in [2.75, 3.05) is 43.0 Å². The standard InChI is InChI=1S/C21H23N.C17H16N2O2.C17H16N2O.3C2H6/c1-3-22(2)16-8-13-21-19-11-6-4-9-17(19)14-15-18-10-5-7-12-20(18)21;1-2-18-17(21)19-14-9-5-3-7-12(14)11-16(20)13-8-4-6-10-15(13)19;1-2-18-17(20)19-15-9-5-3-7-13(15)11-12-14-8-4-6-10-16(14)19;3*1-2/h4-7,9-15H,3,8,16H2,1-2H3;3-10H,2,11H2,1H3,(H,18,21);3-12H,2H2,1H3,(H,18,20);3*1-2H3. The number of Topliss-reactive ketones (excluding diaryl/α,β-unsaturated/α-hetero) is 1. The second kappa shape index (κ2) is 28.8. The van der Waals surface area contributed by atoms with Crippen LogP contribution >= 0.6 is 0 Å². The zero-order valence-electron chi connectivity index (χ0n) is 42.6. The predicted molar refractivity (Wildman–Crippen MR) is 296 cm³/mol. The number of ketones is 1. The minimum absolute atomic E-state index is 0.0323. The number of carbonyl (C=O) groups is 3. The Bertz CT molecular complexity index is 2580. The summed E-state index contributed by atoms with van der Waals surface area (Å²) in [5.74, 6) is 0.0323. The van der Waals surface area contributed by atoms with Crippen molar-refractivity contribution in [1.82, 2.24) is 15.5 Å². The highest BCUT2D eigenvalue weighted by Gasteiger charge is 2.29. The molecule has 9 rings (SSSR count). The number of amides is 4. The fourth-order valence-electron chi connectivity index (χ4n) is 7.96. The van der Waals surface area contributed by atoms with Crippen LogP contribution in [0.15, 0.2) is 152 Å². The molecule has 1 aliphatic carbocycles. The lowest BCUT2D eigenvalue weighted by Gasteiger charge is -2.24. The van der Waals surface area contributed by atoms with Crippen molar-refractivity contribution >= 4 is 70.5 Å².